The molecule has 1 fully saturated rings. The van der Waals surface area contributed by atoms with Gasteiger partial charge in [0.25, 0.3) is 15.9 Å². The Morgan fingerprint density at radius 3 is 2.22 bits per heavy atom. The topological polar surface area (TPSA) is 83.6 Å². The first-order chi connectivity index (χ1) is 12.8. The third-order valence-corrected chi connectivity index (χ3v) is 7.29. The molecule has 2 aromatic rings. The van der Waals surface area contributed by atoms with Crippen molar-refractivity contribution in [1.82, 2.24) is 4.90 Å². The molecule has 8 heteroatoms. The molecule has 27 heavy (non-hydrogen) atoms. The van der Waals surface area contributed by atoms with Crippen molar-refractivity contribution in [3.05, 3.63) is 59.2 Å². The van der Waals surface area contributed by atoms with Gasteiger partial charge in [0.2, 0.25) is 0 Å². The number of benzene rings is 2. The predicted octanol–water partition coefficient (Wildman–Crippen LogP) is 2.31. The van der Waals surface area contributed by atoms with Crippen molar-refractivity contribution in [2.75, 3.05) is 29.3 Å². The number of carbonyl (C=O) groups excluding carboxylic acids is 1. The summed E-state index contributed by atoms with van der Waals surface area (Å²) in [5.41, 5.74) is 2.81. The molecule has 3 rings (SSSR count). The van der Waals surface area contributed by atoms with Gasteiger partial charge in [-0.2, -0.15) is 0 Å². The lowest BCUT2D eigenvalue weighted by Gasteiger charge is -2.26. The zero-order valence-electron chi connectivity index (χ0n) is 15.3. The molecular formula is C19H22N2O4S2. The van der Waals surface area contributed by atoms with E-state index in [4.69, 9.17) is 0 Å². The van der Waals surface area contributed by atoms with Crippen molar-refractivity contribution in [2.24, 2.45) is 0 Å². The largest absolute Gasteiger partial charge is 0.337 e. The number of nitrogens with one attached hydrogen (secondary N) is 1. The first-order valence-corrected chi connectivity index (χ1v) is 11.6. The number of rotatable bonds is 4. The quantitative estimate of drug-likeness (QED) is 0.845. The maximum absolute atomic E-state index is 12.5. The molecule has 1 heterocycles. The van der Waals surface area contributed by atoms with Crippen LogP contribution >= 0.6 is 0 Å². The van der Waals surface area contributed by atoms with E-state index in [9.17, 15) is 17.4 Å². The highest BCUT2D eigenvalue weighted by molar-refractivity contribution is 7.92. The second-order valence-corrected chi connectivity index (χ2v) is 9.95. The number of nitrogens with zero attached hydrogens (tertiary/aromatic N) is 1. The van der Waals surface area contributed by atoms with Crippen LogP contribution in [0.1, 0.15) is 21.5 Å². The zero-order valence-corrected chi connectivity index (χ0v) is 16.9. The van der Waals surface area contributed by atoms with Crippen LogP contribution in [0.5, 0.6) is 0 Å². The average Bonchev–Trinajstić information content (AvgIpc) is 2.64. The monoisotopic (exact) mass is 406 g/mol. The molecule has 1 saturated heterocycles. The lowest BCUT2D eigenvalue weighted by atomic mass is 10.1. The van der Waals surface area contributed by atoms with E-state index in [0.29, 0.717) is 35.8 Å². The molecule has 0 spiro atoms. The lowest BCUT2D eigenvalue weighted by molar-refractivity contribution is 0.0771. The Labute approximate surface area is 162 Å². The molecule has 0 atom stereocenters. The number of sulfonamides is 1. The van der Waals surface area contributed by atoms with Crippen molar-refractivity contribution < 1.29 is 17.4 Å². The molecule has 0 unspecified atom stereocenters. The number of carbonyl (C=O) groups is 1. The first-order valence-electron chi connectivity index (χ1n) is 8.61. The highest BCUT2D eigenvalue weighted by Gasteiger charge is 2.21. The van der Waals surface area contributed by atoms with E-state index in [1.807, 2.05) is 13.8 Å². The molecule has 1 aliphatic heterocycles. The summed E-state index contributed by atoms with van der Waals surface area (Å²) in [4.78, 5) is 14.4. The third-order valence-electron chi connectivity index (χ3n) is 4.64. The van der Waals surface area contributed by atoms with Crippen LogP contribution in [0.15, 0.2) is 47.4 Å². The summed E-state index contributed by atoms with van der Waals surface area (Å²) in [6, 6.07) is 11.3. The lowest BCUT2D eigenvalue weighted by Crippen LogP contribution is -2.41. The normalized spacial score (nSPS) is 15.6. The second-order valence-electron chi connectivity index (χ2n) is 6.57. The molecule has 0 aromatic heterocycles. The SMILES string of the molecule is Cc1ccc(S(=O)(=O)Nc2ccc(C(=O)N3CCS(=O)CC3)cc2)cc1C. The highest BCUT2D eigenvalue weighted by Crippen LogP contribution is 2.20. The van der Waals surface area contributed by atoms with Gasteiger partial charge in [-0.1, -0.05) is 6.07 Å². The molecule has 0 bridgehead atoms. The van der Waals surface area contributed by atoms with Gasteiger partial charge in [0.15, 0.2) is 0 Å². The summed E-state index contributed by atoms with van der Waals surface area (Å²) >= 11 is 0. The van der Waals surface area contributed by atoms with Gasteiger partial charge in [-0.15, -0.1) is 0 Å². The van der Waals surface area contributed by atoms with Gasteiger partial charge >= 0.3 is 0 Å². The highest BCUT2D eigenvalue weighted by atomic mass is 32.2. The van der Waals surface area contributed by atoms with E-state index in [1.165, 1.54) is 0 Å². The Morgan fingerprint density at radius 2 is 1.63 bits per heavy atom. The maximum atomic E-state index is 12.5. The first kappa shape index (κ1) is 19.6. The second kappa shape index (κ2) is 7.82. The van der Waals surface area contributed by atoms with E-state index in [2.05, 4.69) is 4.72 Å². The number of hydrogen-bond acceptors (Lipinski definition) is 4. The summed E-state index contributed by atoms with van der Waals surface area (Å²) in [5, 5.41) is 0. The van der Waals surface area contributed by atoms with Gasteiger partial charge in [0.05, 0.1) is 4.90 Å². The molecule has 1 aliphatic rings. The van der Waals surface area contributed by atoms with E-state index in [-0.39, 0.29) is 10.8 Å². The van der Waals surface area contributed by atoms with Crippen LogP contribution in [0.25, 0.3) is 0 Å². The zero-order chi connectivity index (χ0) is 19.6. The van der Waals surface area contributed by atoms with Crippen molar-refractivity contribution >= 4 is 32.4 Å². The van der Waals surface area contributed by atoms with Crippen LogP contribution in [0.2, 0.25) is 0 Å². The van der Waals surface area contributed by atoms with Crippen molar-refractivity contribution in [3.63, 3.8) is 0 Å². The van der Waals surface area contributed by atoms with E-state index in [1.54, 1.807) is 47.4 Å². The van der Waals surface area contributed by atoms with Gasteiger partial charge in [-0.3, -0.25) is 13.7 Å². The third kappa shape index (κ3) is 4.56. The molecular weight excluding hydrogens is 384 g/mol. The van der Waals surface area contributed by atoms with E-state index < -0.39 is 20.8 Å². The number of hydrogen-bond donors (Lipinski definition) is 1. The minimum Gasteiger partial charge on any atom is -0.337 e. The molecule has 1 amide bonds. The molecule has 144 valence electrons. The summed E-state index contributed by atoms with van der Waals surface area (Å²) < 4.78 is 39.0. The van der Waals surface area contributed by atoms with Gasteiger partial charge < -0.3 is 4.90 Å². The Kier molecular flexibility index (Phi) is 5.67. The summed E-state index contributed by atoms with van der Waals surface area (Å²) in [7, 11) is -4.53. The van der Waals surface area contributed by atoms with Crippen LogP contribution in [-0.2, 0) is 20.8 Å². The van der Waals surface area contributed by atoms with Gasteiger partial charge in [-0.05, 0) is 61.4 Å². The fourth-order valence-corrected chi connectivity index (χ4v) is 5.00. The van der Waals surface area contributed by atoms with Crippen molar-refractivity contribution in [3.8, 4) is 0 Å². The predicted molar refractivity (Wildman–Crippen MR) is 107 cm³/mol. The van der Waals surface area contributed by atoms with Crippen LogP contribution in [-0.4, -0.2) is 48.0 Å². The Bertz CT molecular complexity index is 975. The maximum Gasteiger partial charge on any atom is 0.261 e. The molecule has 0 aliphatic carbocycles. The van der Waals surface area contributed by atoms with Crippen LogP contribution < -0.4 is 4.72 Å². The minimum absolute atomic E-state index is 0.129. The van der Waals surface area contributed by atoms with E-state index in [0.717, 1.165) is 11.1 Å². The van der Waals surface area contributed by atoms with Crippen LogP contribution in [0.3, 0.4) is 0 Å². The molecule has 1 N–H and O–H groups in total. The van der Waals surface area contributed by atoms with Gasteiger partial charge in [0, 0.05) is 46.6 Å². The number of amides is 1. The molecule has 6 nitrogen and oxygen atoms in total. The number of aryl methyl sites for hydroxylation is 2. The van der Waals surface area contributed by atoms with Crippen LogP contribution in [0.4, 0.5) is 5.69 Å². The summed E-state index contributed by atoms with van der Waals surface area (Å²) in [5.74, 6) is 0.870. The average molecular weight is 407 g/mol. The Morgan fingerprint density at radius 1 is 1.00 bits per heavy atom. The smallest absolute Gasteiger partial charge is 0.261 e. The fraction of sp³-hybridized carbons (Fsp3) is 0.316. The summed E-state index contributed by atoms with van der Waals surface area (Å²) in [6.07, 6.45) is 0. The Balaban J connectivity index is 1.72. The van der Waals surface area contributed by atoms with Crippen molar-refractivity contribution in [2.45, 2.75) is 18.7 Å². The molecule has 0 saturated carbocycles. The minimum atomic E-state index is -3.69. The standard InChI is InChI=1S/C19H22N2O4S2/c1-14-3-8-18(13-15(14)2)27(24,25)20-17-6-4-16(5-7-17)19(22)21-9-11-26(23)12-10-21/h3-8,13,20H,9-12H2,1-2H3. The van der Waals surface area contributed by atoms with Gasteiger partial charge in [-0.25, -0.2) is 8.42 Å². The van der Waals surface area contributed by atoms with E-state index >= 15 is 0 Å². The molecule has 0 radical (unpaired) electrons. The van der Waals surface area contributed by atoms with Crippen LogP contribution in [0, 0.1) is 13.8 Å². The number of anilines is 1. The molecule has 2 aromatic carbocycles. The van der Waals surface area contributed by atoms with Gasteiger partial charge in [0.1, 0.15) is 0 Å². The fourth-order valence-electron chi connectivity index (χ4n) is 2.80. The van der Waals surface area contributed by atoms with Crippen molar-refractivity contribution in [1.29, 1.82) is 0 Å². The summed E-state index contributed by atoms with van der Waals surface area (Å²) in [6.45, 7) is 4.75. The Hall–Kier alpha value is -2.19.